The Hall–Kier alpha value is -2.12. The molecule has 1 saturated heterocycles. The number of rotatable bonds is 6. The average Bonchev–Trinajstić information content (AvgIpc) is 2.47. The lowest BCUT2D eigenvalue weighted by Gasteiger charge is -2.42. The summed E-state index contributed by atoms with van der Waals surface area (Å²) in [5, 5.41) is 24.1. The van der Waals surface area contributed by atoms with Gasteiger partial charge in [-0.15, -0.1) is 0 Å². The third-order valence-electron chi connectivity index (χ3n) is 3.95. The number of nitrogens with one attached hydrogen (secondary N) is 2. The Bertz CT molecular complexity index is 598. The van der Waals surface area contributed by atoms with Crippen LogP contribution in [0.2, 0.25) is 0 Å². The minimum absolute atomic E-state index is 0.0308. The van der Waals surface area contributed by atoms with Crippen LogP contribution in [-0.4, -0.2) is 53.4 Å². The van der Waals surface area contributed by atoms with E-state index in [9.17, 15) is 14.7 Å². The van der Waals surface area contributed by atoms with Gasteiger partial charge in [-0.25, -0.2) is 0 Å². The summed E-state index contributed by atoms with van der Waals surface area (Å²) in [5.74, 6) is -0.751. The molecule has 0 aliphatic carbocycles. The molecule has 2 rings (SSSR count). The molecule has 0 radical (unpaired) electrons. The van der Waals surface area contributed by atoms with E-state index in [1.165, 1.54) is 6.07 Å². The molecule has 0 aromatic heterocycles. The summed E-state index contributed by atoms with van der Waals surface area (Å²) >= 11 is 0. The molecule has 1 aromatic carbocycles. The van der Waals surface area contributed by atoms with Crippen LogP contribution in [0.4, 0.5) is 0 Å². The molecule has 1 aliphatic rings. The first kappa shape index (κ1) is 17.2. The van der Waals surface area contributed by atoms with E-state index < -0.39 is 17.5 Å². The standard InChI is InChI=1S/C16H22N2O5/c1-10-3-4-12(7-13(10)20)15(22)17-11(2)14(21)18-16(5-6-19)8-23-9-16/h3-4,7,11,19-20H,5-6,8-9H2,1-2H3,(H,17,22)(H,18,21). The zero-order valence-corrected chi connectivity index (χ0v) is 13.3. The maximum Gasteiger partial charge on any atom is 0.252 e. The van der Waals surface area contributed by atoms with Gasteiger partial charge in [0.2, 0.25) is 5.91 Å². The molecule has 1 unspecified atom stereocenters. The average molecular weight is 322 g/mol. The number of hydrogen-bond donors (Lipinski definition) is 4. The number of aliphatic hydroxyl groups excluding tert-OH is 1. The highest BCUT2D eigenvalue weighted by molar-refractivity contribution is 5.97. The van der Waals surface area contributed by atoms with Gasteiger partial charge in [0, 0.05) is 12.2 Å². The molecule has 1 fully saturated rings. The number of carbonyl (C=O) groups excluding carboxylic acids is 2. The topological polar surface area (TPSA) is 108 Å². The Morgan fingerprint density at radius 1 is 1.39 bits per heavy atom. The number of carbonyl (C=O) groups is 2. The summed E-state index contributed by atoms with van der Waals surface area (Å²) < 4.78 is 5.11. The van der Waals surface area contributed by atoms with Crippen LogP contribution >= 0.6 is 0 Å². The van der Waals surface area contributed by atoms with E-state index in [0.29, 0.717) is 25.2 Å². The second-order valence-corrected chi connectivity index (χ2v) is 5.93. The second-order valence-electron chi connectivity index (χ2n) is 5.93. The molecule has 1 aromatic rings. The van der Waals surface area contributed by atoms with Gasteiger partial charge in [-0.1, -0.05) is 6.07 Å². The fourth-order valence-corrected chi connectivity index (χ4v) is 2.31. The van der Waals surface area contributed by atoms with Gasteiger partial charge in [-0.3, -0.25) is 9.59 Å². The SMILES string of the molecule is Cc1ccc(C(=O)NC(C)C(=O)NC2(CCO)COC2)cc1O. The van der Waals surface area contributed by atoms with Crippen molar-refractivity contribution < 1.29 is 24.5 Å². The zero-order valence-electron chi connectivity index (χ0n) is 13.3. The van der Waals surface area contributed by atoms with E-state index in [2.05, 4.69) is 10.6 Å². The molecule has 0 bridgehead atoms. The largest absolute Gasteiger partial charge is 0.508 e. The number of amides is 2. The van der Waals surface area contributed by atoms with Gasteiger partial charge in [-0.2, -0.15) is 0 Å². The van der Waals surface area contributed by atoms with E-state index in [-0.39, 0.29) is 23.8 Å². The summed E-state index contributed by atoms with van der Waals surface area (Å²) in [6.07, 6.45) is 0.408. The molecule has 1 aliphatic heterocycles. The molecule has 7 heteroatoms. The van der Waals surface area contributed by atoms with Crippen LogP contribution in [0.3, 0.4) is 0 Å². The fraction of sp³-hybridized carbons (Fsp3) is 0.500. The third-order valence-corrected chi connectivity index (χ3v) is 3.95. The van der Waals surface area contributed by atoms with Crippen molar-refractivity contribution in [2.24, 2.45) is 0 Å². The highest BCUT2D eigenvalue weighted by atomic mass is 16.5. The third kappa shape index (κ3) is 4.00. The first-order valence-electron chi connectivity index (χ1n) is 7.48. The van der Waals surface area contributed by atoms with Gasteiger partial charge in [0.15, 0.2) is 0 Å². The minimum Gasteiger partial charge on any atom is -0.508 e. The lowest BCUT2D eigenvalue weighted by atomic mass is 9.93. The molecule has 126 valence electrons. The first-order valence-corrected chi connectivity index (χ1v) is 7.48. The van der Waals surface area contributed by atoms with Crippen molar-refractivity contribution in [2.75, 3.05) is 19.8 Å². The lowest BCUT2D eigenvalue weighted by Crippen LogP contribution is -2.65. The van der Waals surface area contributed by atoms with E-state index in [1.807, 2.05) is 0 Å². The van der Waals surface area contributed by atoms with Gasteiger partial charge >= 0.3 is 0 Å². The maximum atomic E-state index is 12.2. The molecule has 4 N–H and O–H groups in total. The Balaban J connectivity index is 1.94. The molecule has 1 atom stereocenters. The normalized spacial score (nSPS) is 17.0. The van der Waals surface area contributed by atoms with Gasteiger partial charge < -0.3 is 25.6 Å². The number of aliphatic hydroxyl groups is 1. The van der Waals surface area contributed by atoms with Crippen molar-refractivity contribution in [1.29, 1.82) is 0 Å². The zero-order chi connectivity index (χ0) is 17.0. The maximum absolute atomic E-state index is 12.2. The van der Waals surface area contributed by atoms with Gasteiger partial charge in [0.1, 0.15) is 11.8 Å². The van der Waals surface area contributed by atoms with Crippen molar-refractivity contribution in [3.8, 4) is 5.75 Å². The van der Waals surface area contributed by atoms with Crippen LogP contribution in [0.5, 0.6) is 5.75 Å². The Morgan fingerprint density at radius 2 is 2.09 bits per heavy atom. The number of aromatic hydroxyl groups is 1. The number of ether oxygens (including phenoxy) is 1. The van der Waals surface area contributed by atoms with Gasteiger partial charge in [0.25, 0.3) is 5.91 Å². The van der Waals surface area contributed by atoms with Crippen LogP contribution < -0.4 is 10.6 Å². The smallest absolute Gasteiger partial charge is 0.252 e. The monoisotopic (exact) mass is 322 g/mol. The highest BCUT2D eigenvalue weighted by Gasteiger charge is 2.40. The van der Waals surface area contributed by atoms with E-state index >= 15 is 0 Å². The van der Waals surface area contributed by atoms with E-state index in [0.717, 1.165) is 0 Å². The molecule has 0 saturated carbocycles. The molecule has 23 heavy (non-hydrogen) atoms. The Labute approximate surface area is 134 Å². The summed E-state index contributed by atoms with van der Waals surface area (Å²) in [6.45, 7) is 3.96. The van der Waals surface area contributed by atoms with Crippen molar-refractivity contribution in [2.45, 2.75) is 31.8 Å². The number of aryl methyl sites for hydroxylation is 1. The summed E-state index contributed by atoms with van der Waals surface area (Å²) in [4.78, 5) is 24.3. The first-order chi connectivity index (χ1) is 10.9. The number of phenols is 1. The van der Waals surface area contributed by atoms with Crippen molar-refractivity contribution >= 4 is 11.8 Å². The van der Waals surface area contributed by atoms with Crippen LogP contribution in [0.25, 0.3) is 0 Å². The Kier molecular flexibility index (Phi) is 5.23. The molecular formula is C16H22N2O5. The summed E-state index contributed by atoms with van der Waals surface area (Å²) in [7, 11) is 0. The second kappa shape index (κ2) is 6.97. The van der Waals surface area contributed by atoms with Gasteiger partial charge in [-0.05, 0) is 38.0 Å². The lowest BCUT2D eigenvalue weighted by molar-refractivity contribution is -0.135. The molecule has 0 spiro atoms. The van der Waals surface area contributed by atoms with Gasteiger partial charge in [0.05, 0.1) is 18.8 Å². The fourth-order valence-electron chi connectivity index (χ4n) is 2.31. The number of phenolic OH excluding ortho intramolecular Hbond substituents is 1. The number of benzene rings is 1. The van der Waals surface area contributed by atoms with E-state index in [4.69, 9.17) is 9.84 Å². The quantitative estimate of drug-likeness (QED) is 0.593. The van der Waals surface area contributed by atoms with Crippen LogP contribution in [0.15, 0.2) is 18.2 Å². The number of hydrogen-bond acceptors (Lipinski definition) is 5. The summed E-state index contributed by atoms with van der Waals surface area (Å²) in [6, 6.07) is 3.84. The van der Waals surface area contributed by atoms with Crippen molar-refractivity contribution in [3.05, 3.63) is 29.3 Å². The molecule has 2 amide bonds. The van der Waals surface area contributed by atoms with Crippen LogP contribution in [0.1, 0.15) is 29.3 Å². The minimum atomic E-state index is -0.748. The van der Waals surface area contributed by atoms with Crippen LogP contribution in [-0.2, 0) is 9.53 Å². The van der Waals surface area contributed by atoms with E-state index in [1.54, 1.807) is 26.0 Å². The van der Waals surface area contributed by atoms with Crippen LogP contribution in [0, 0.1) is 6.92 Å². The highest BCUT2D eigenvalue weighted by Crippen LogP contribution is 2.21. The Morgan fingerprint density at radius 3 is 2.61 bits per heavy atom. The molecule has 1 heterocycles. The molecular weight excluding hydrogens is 300 g/mol. The summed E-state index contributed by atoms with van der Waals surface area (Å²) in [5.41, 5.74) is 0.403. The van der Waals surface area contributed by atoms with Crippen molar-refractivity contribution in [3.63, 3.8) is 0 Å². The molecule has 7 nitrogen and oxygen atoms in total. The van der Waals surface area contributed by atoms with Crippen molar-refractivity contribution in [1.82, 2.24) is 10.6 Å². The predicted octanol–water partition coefficient (Wildman–Crippen LogP) is 0.0865. The predicted molar refractivity (Wildman–Crippen MR) is 83.2 cm³/mol.